The van der Waals surface area contributed by atoms with Crippen LogP contribution >= 0.6 is 11.8 Å². The van der Waals surface area contributed by atoms with Crippen LogP contribution in [0.5, 0.6) is 11.5 Å². The smallest absolute Gasteiger partial charge is 0.346 e. The molecule has 0 fully saturated rings. The number of carbonyl (C=O) groups is 4. The molecule has 0 saturated heterocycles. The number of rotatable bonds is 42. The molecule has 0 aliphatic heterocycles. The first kappa shape index (κ1) is 96.4. The van der Waals surface area contributed by atoms with Crippen LogP contribution in [0.3, 0.4) is 0 Å². The second-order valence-electron chi connectivity index (χ2n) is 31.4. The molecule has 11 aromatic rings. The van der Waals surface area contributed by atoms with E-state index >= 15 is 0 Å². The molecule has 0 aliphatic carbocycles. The molecule has 11 rings (SSSR count). The Kier molecular flexibility index (Phi) is 38.2. The van der Waals surface area contributed by atoms with Gasteiger partial charge in [0.05, 0.1) is 22.2 Å². The Balaban J connectivity index is 0.000000211. The molecule has 656 valence electrons. The number of nitrogens with two attached hydrogens (primary N) is 3. The highest BCUT2D eigenvalue weighted by molar-refractivity contribution is 8.00. The molecule has 1 unspecified atom stereocenters. The van der Waals surface area contributed by atoms with Crippen molar-refractivity contribution in [1.82, 2.24) is 30.4 Å². The van der Waals surface area contributed by atoms with E-state index in [0.717, 1.165) is 95.9 Å². The summed E-state index contributed by atoms with van der Waals surface area (Å²) >= 11 is 0.983. The number of carboxylic acid groups (broad SMARTS) is 1. The first-order valence-corrected chi connectivity index (χ1v) is 43.0. The number of fused-ring (bicyclic) bond motifs is 1. The minimum absolute atomic E-state index is 0.0476. The van der Waals surface area contributed by atoms with Gasteiger partial charge in [0, 0.05) is 105 Å². The summed E-state index contributed by atoms with van der Waals surface area (Å²) in [5.74, 6) is -4.59. The fourth-order valence-electron chi connectivity index (χ4n) is 14.3. The second-order valence-corrected chi connectivity index (χ2v) is 32.6. The quantitative estimate of drug-likeness (QED) is 0.00580. The van der Waals surface area contributed by atoms with E-state index in [4.69, 9.17) is 31.4 Å². The average molecular weight is 1720 g/mol. The number of hydrogen-bond acceptors (Lipinski definition) is 16. The van der Waals surface area contributed by atoms with Gasteiger partial charge in [-0.15, -0.1) is 0 Å². The molecule has 0 aliphatic rings. The van der Waals surface area contributed by atoms with Gasteiger partial charge in [0.2, 0.25) is 0 Å². The number of esters is 1. The number of para-hydroxylation sites is 1. The van der Waals surface area contributed by atoms with Crippen LogP contribution in [0, 0.1) is 47.8 Å². The van der Waals surface area contributed by atoms with Gasteiger partial charge >= 0.3 is 17.6 Å². The van der Waals surface area contributed by atoms with Crippen LogP contribution < -0.4 is 43.0 Å². The van der Waals surface area contributed by atoms with Crippen molar-refractivity contribution < 1.29 is 65.6 Å². The predicted octanol–water partition coefficient (Wildman–Crippen LogP) is 16.7. The molecule has 25 heteroatoms. The number of aliphatic hydroxyl groups is 1. The molecule has 0 radical (unpaired) electrons. The zero-order chi connectivity index (χ0) is 89.2. The Bertz CT molecular complexity index is 5280. The Morgan fingerprint density at radius 2 is 1.03 bits per heavy atom. The molecule has 19 nitrogen and oxygen atoms in total. The highest BCUT2D eigenvalue weighted by atomic mass is 32.2. The number of aliphatic hydroxyl groups excluding tert-OH is 1. The largest absolute Gasteiger partial charge is 0.489 e. The standard InChI is InChI=1S/C37H50FN3O4.C33H34F2N2O3.C29H30F2N4O3S/c1-6-15-41(16-7-2)36(42)30-17-27(5)18-31(22-30)37(43)45-35(24-40-14-13-26(3)4)34(39)21-29-19-32(38)23-33(20-29)44-25-28-11-9-8-10-12-28;1-2-23-10-6-11-25(14-23)20-37(21-32(38)31(36)17-26-15-28(34)19-29(35)16-26)33(39)27-12-7-13-30(18-27)40-22-24-8-4-3-5-9-24;1-2-17-6-5-7-18(10-17)15-33-16-23(24(32)13-19-11-20(30)14-21(31)12-19)26(28(36)37)39-27-22-8-3-4-9-25(22)34-29(38)35-27/h8-12,17-20,22-23,26,34-35,40H,6-7,13-16,21,24-25,39H2,1-5H3;3-16,18-19,31-32,38H,2,17,20-22,36H2,1H3;3-12,14,23-24,26,33H,2,13,15-16,32H2,1H3,(H,36,37)(H,34,35,38)/t34-,35+;31-,32+;23-,24?,26+/m001/s1. The number of aryl methyl sites for hydroxylation is 3. The number of halogens is 5. The summed E-state index contributed by atoms with van der Waals surface area (Å²) in [4.78, 5) is 75.4. The molecule has 1 aromatic heterocycles. The second kappa shape index (κ2) is 49.2. The number of nitrogens with one attached hydrogen (secondary N) is 3. The molecule has 0 spiro atoms. The highest BCUT2D eigenvalue weighted by Crippen LogP contribution is 2.34. The van der Waals surface area contributed by atoms with Crippen molar-refractivity contribution in [1.29, 1.82) is 0 Å². The predicted molar refractivity (Wildman–Crippen MR) is 479 cm³/mol. The first-order valence-electron chi connectivity index (χ1n) is 42.1. The topological polar surface area (TPSA) is 291 Å². The summed E-state index contributed by atoms with van der Waals surface area (Å²) in [6.45, 7) is 18.3. The third-order valence-electron chi connectivity index (χ3n) is 20.7. The molecule has 11 N–H and O–H groups in total. The van der Waals surface area contributed by atoms with Gasteiger partial charge in [-0.25, -0.2) is 31.5 Å². The van der Waals surface area contributed by atoms with Crippen LogP contribution in [0.15, 0.2) is 240 Å². The molecule has 1 heterocycles. The van der Waals surface area contributed by atoms with Crippen LogP contribution in [0.25, 0.3) is 10.9 Å². The highest BCUT2D eigenvalue weighted by Gasteiger charge is 2.35. The Labute approximate surface area is 727 Å². The SMILES string of the molecule is CCCN(CCC)C(=O)c1cc(C)cc(C(=O)O[C@H](CNCCC(C)C)[C@@H](N)Cc2cc(F)cc(OCc3ccccc3)c2)c1.CCc1cccc(CN(C[C@@H](O)[C@@H](N)Cc2cc(F)cc(F)c2)C(=O)c2cccc(OCc3ccccc3)c2)c1.CCc1cccc(CNC[C@H](C(N)Cc2cc(F)cc(F)c2)[C@H](Sc2[nH]c(=O)nc3ccccc23)C(=O)O)c1. The number of benzene rings is 10. The fraction of sp³-hybridized carbons (Fsp3) is 0.333. The number of aromatic nitrogens is 2. The molecule has 10 aromatic carbocycles. The van der Waals surface area contributed by atoms with Gasteiger partial charge in [-0.1, -0.05) is 187 Å². The normalized spacial score (nSPS) is 12.9. The number of ether oxygens (including phenoxy) is 3. The summed E-state index contributed by atoms with van der Waals surface area (Å²) in [6.07, 6.45) is 2.93. The van der Waals surface area contributed by atoms with Crippen LogP contribution in [-0.4, -0.2) is 129 Å². The van der Waals surface area contributed by atoms with Crippen LogP contribution in [0.1, 0.15) is 148 Å². The number of aromatic amines is 1. The van der Waals surface area contributed by atoms with E-state index in [9.17, 15) is 56.1 Å². The van der Waals surface area contributed by atoms with Gasteiger partial charge in [0.1, 0.15) is 65.2 Å². The number of nitrogens with zero attached hydrogens (tertiary/aromatic N) is 3. The van der Waals surface area contributed by atoms with Gasteiger partial charge in [-0.2, -0.15) is 4.98 Å². The lowest BCUT2D eigenvalue weighted by atomic mass is 9.90. The van der Waals surface area contributed by atoms with Crippen molar-refractivity contribution in [2.75, 3.05) is 39.3 Å². The van der Waals surface area contributed by atoms with Crippen LogP contribution in [-0.2, 0) is 67.9 Å². The lowest BCUT2D eigenvalue weighted by molar-refractivity contribution is -0.137. The van der Waals surface area contributed by atoms with E-state index in [2.05, 4.69) is 54.4 Å². The van der Waals surface area contributed by atoms with Crippen LogP contribution in [0.2, 0.25) is 0 Å². The Morgan fingerprint density at radius 1 is 0.516 bits per heavy atom. The average Bonchev–Trinajstić information content (AvgIpc) is 0.814. The minimum atomic E-state index is -1.14. The summed E-state index contributed by atoms with van der Waals surface area (Å²) in [5.41, 5.74) is 28.8. The summed E-state index contributed by atoms with van der Waals surface area (Å²) in [5, 5.41) is 27.9. The molecular formula is C99H114F5N9O10S. The van der Waals surface area contributed by atoms with Crippen molar-refractivity contribution in [2.24, 2.45) is 29.0 Å². The number of carbonyl (C=O) groups excluding carboxylic acids is 3. The summed E-state index contributed by atoms with van der Waals surface area (Å²) in [7, 11) is 0. The minimum Gasteiger partial charge on any atom is -0.489 e. The van der Waals surface area contributed by atoms with Crippen molar-refractivity contribution >= 4 is 46.4 Å². The van der Waals surface area contributed by atoms with Gasteiger partial charge in [0.25, 0.3) is 11.8 Å². The van der Waals surface area contributed by atoms with Gasteiger partial charge in [0.15, 0.2) is 0 Å². The Hall–Kier alpha value is -11.4. The summed E-state index contributed by atoms with van der Waals surface area (Å²) in [6, 6.07) is 63.0. The first-order chi connectivity index (χ1) is 59.6. The molecule has 2 amide bonds. The van der Waals surface area contributed by atoms with E-state index in [0.29, 0.717) is 106 Å². The van der Waals surface area contributed by atoms with E-state index in [1.165, 1.54) is 42.0 Å². The van der Waals surface area contributed by atoms with Gasteiger partial charge < -0.3 is 62.1 Å². The zero-order valence-electron chi connectivity index (χ0n) is 71.3. The third kappa shape index (κ3) is 31.1. The molecule has 7 atom stereocenters. The van der Waals surface area contributed by atoms with Gasteiger partial charge in [-0.05, 0) is 205 Å². The van der Waals surface area contributed by atoms with E-state index in [1.54, 1.807) is 77.7 Å². The maximum Gasteiger partial charge on any atom is 0.346 e. The molecule has 0 bridgehead atoms. The number of amides is 2. The van der Waals surface area contributed by atoms with Crippen molar-refractivity contribution in [3.05, 3.63) is 342 Å². The number of carboxylic acids is 1. The van der Waals surface area contributed by atoms with E-state index in [1.807, 2.05) is 129 Å². The molecule has 0 saturated carbocycles. The lowest BCUT2D eigenvalue weighted by Crippen LogP contribution is -2.47. The molecular weight excluding hydrogens is 1600 g/mol. The fourth-order valence-corrected chi connectivity index (χ4v) is 15.5. The number of hydrogen-bond donors (Lipinski definition) is 8. The Morgan fingerprint density at radius 3 is 1.63 bits per heavy atom. The number of H-pyrrole nitrogens is 1. The lowest BCUT2D eigenvalue weighted by Gasteiger charge is -2.29. The van der Waals surface area contributed by atoms with Crippen LogP contribution in [0.4, 0.5) is 22.0 Å². The maximum atomic E-state index is 14.6. The van der Waals surface area contributed by atoms with Gasteiger partial charge in [-0.3, -0.25) is 19.4 Å². The molecule has 124 heavy (non-hydrogen) atoms. The van der Waals surface area contributed by atoms with Crippen molar-refractivity contribution in [2.45, 2.75) is 167 Å². The van der Waals surface area contributed by atoms with E-state index < -0.39 is 88.2 Å². The van der Waals surface area contributed by atoms with Crippen molar-refractivity contribution in [3.63, 3.8) is 0 Å². The zero-order valence-corrected chi connectivity index (χ0v) is 72.1. The maximum absolute atomic E-state index is 14.6. The monoisotopic (exact) mass is 1720 g/mol. The number of thioether (sulfide) groups is 1. The van der Waals surface area contributed by atoms with Crippen molar-refractivity contribution in [3.8, 4) is 11.5 Å². The number of aliphatic carboxylic acids is 1. The van der Waals surface area contributed by atoms with E-state index in [-0.39, 0.29) is 50.7 Å². The third-order valence-corrected chi connectivity index (χ3v) is 22.0. The summed E-state index contributed by atoms with van der Waals surface area (Å²) < 4.78 is 87.4.